The summed E-state index contributed by atoms with van der Waals surface area (Å²) in [5.74, 6) is 0. The van der Waals surface area contributed by atoms with Gasteiger partial charge in [0, 0.05) is 18.3 Å². The summed E-state index contributed by atoms with van der Waals surface area (Å²) in [6.07, 6.45) is 3.16. The van der Waals surface area contributed by atoms with E-state index in [-0.39, 0.29) is 0 Å². The van der Waals surface area contributed by atoms with Gasteiger partial charge < -0.3 is 9.20 Å². The third kappa shape index (κ3) is 1.33. The Bertz CT molecular complexity index is 445. The molecule has 2 aromatic heterocycles. The maximum Gasteiger partial charge on any atom is 0.137 e. The third-order valence-electron chi connectivity index (χ3n) is 2.04. The molecule has 0 fully saturated rings. The molecule has 3 heteroatoms. The highest BCUT2D eigenvalue weighted by Gasteiger charge is 2.01. The van der Waals surface area contributed by atoms with Crippen LogP contribution in [0, 0.1) is 6.92 Å². The van der Waals surface area contributed by atoms with E-state index in [0.717, 1.165) is 23.3 Å². The van der Waals surface area contributed by atoms with Crippen molar-refractivity contribution in [2.75, 3.05) is 0 Å². The second-order valence-corrected chi connectivity index (χ2v) is 3.00. The molecule has 13 heavy (non-hydrogen) atoms. The fraction of sp³-hybridized carbons (Fsp3) is 0.200. The number of carbonyl (C=O) groups excluding carboxylic acids is 1. The van der Waals surface area contributed by atoms with Crippen molar-refractivity contribution in [3.8, 4) is 0 Å². The van der Waals surface area contributed by atoms with Crippen LogP contribution < -0.4 is 0 Å². The second kappa shape index (κ2) is 3.01. The van der Waals surface area contributed by atoms with Gasteiger partial charge in [-0.3, -0.25) is 0 Å². The molecule has 0 N–H and O–H groups in total. The Balaban J connectivity index is 2.61. The lowest BCUT2D eigenvalue weighted by atomic mass is 10.3. The summed E-state index contributed by atoms with van der Waals surface area (Å²) in [5.41, 5.74) is 2.85. The van der Waals surface area contributed by atoms with Gasteiger partial charge in [-0.1, -0.05) is 6.07 Å². The molecule has 0 aliphatic rings. The minimum Gasteiger partial charge on any atom is -0.304 e. The summed E-state index contributed by atoms with van der Waals surface area (Å²) in [5, 5.41) is 0. The highest BCUT2D eigenvalue weighted by molar-refractivity contribution is 5.55. The Kier molecular flexibility index (Phi) is 1.85. The van der Waals surface area contributed by atoms with Crippen LogP contribution in [0.2, 0.25) is 0 Å². The van der Waals surface area contributed by atoms with Crippen molar-refractivity contribution in [1.82, 2.24) is 9.38 Å². The van der Waals surface area contributed by atoms with Crippen molar-refractivity contribution in [2.45, 2.75) is 13.3 Å². The van der Waals surface area contributed by atoms with E-state index in [4.69, 9.17) is 0 Å². The number of fused-ring (bicyclic) bond motifs is 1. The van der Waals surface area contributed by atoms with Gasteiger partial charge in [-0.05, 0) is 19.1 Å². The van der Waals surface area contributed by atoms with E-state index in [2.05, 4.69) is 4.98 Å². The van der Waals surface area contributed by atoms with Gasteiger partial charge in [0.2, 0.25) is 0 Å². The predicted octanol–water partition coefficient (Wildman–Crippen LogP) is 1.38. The van der Waals surface area contributed by atoms with Crippen molar-refractivity contribution in [3.63, 3.8) is 0 Å². The number of pyridine rings is 1. The van der Waals surface area contributed by atoms with E-state index < -0.39 is 0 Å². The van der Waals surface area contributed by atoms with Crippen LogP contribution in [0.25, 0.3) is 5.65 Å². The number of nitrogens with zero attached hydrogens (tertiary/aromatic N) is 2. The molecule has 0 atom stereocenters. The second-order valence-electron chi connectivity index (χ2n) is 3.00. The summed E-state index contributed by atoms with van der Waals surface area (Å²) in [6, 6.07) is 5.91. The average Bonchev–Trinajstić information content (AvgIpc) is 2.49. The molecule has 3 nitrogen and oxygen atoms in total. The van der Waals surface area contributed by atoms with Crippen LogP contribution in [0.1, 0.15) is 11.4 Å². The summed E-state index contributed by atoms with van der Waals surface area (Å²) in [4.78, 5) is 14.6. The van der Waals surface area contributed by atoms with Crippen LogP contribution in [-0.4, -0.2) is 15.7 Å². The monoisotopic (exact) mass is 174 g/mol. The maximum atomic E-state index is 10.3. The fourth-order valence-corrected chi connectivity index (χ4v) is 1.38. The smallest absolute Gasteiger partial charge is 0.137 e. The molecule has 66 valence electrons. The zero-order chi connectivity index (χ0) is 9.26. The van der Waals surface area contributed by atoms with E-state index in [0.29, 0.717) is 6.42 Å². The number of hydrogen-bond acceptors (Lipinski definition) is 2. The molecular weight excluding hydrogens is 164 g/mol. The first-order valence-electron chi connectivity index (χ1n) is 4.18. The van der Waals surface area contributed by atoms with E-state index in [1.54, 1.807) is 0 Å². The van der Waals surface area contributed by atoms with Gasteiger partial charge >= 0.3 is 0 Å². The Morgan fingerprint density at radius 3 is 3.08 bits per heavy atom. The molecular formula is C10H10N2O. The summed E-state index contributed by atoms with van der Waals surface area (Å²) >= 11 is 0. The topological polar surface area (TPSA) is 34.4 Å². The average molecular weight is 174 g/mol. The quantitative estimate of drug-likeness (QED) is 0.645. The van der Waals surface area contributed by atoms with E-state index in [1.165, 1.54) is 0 Å². The van der Waals surface area contributed by atoms with Crippen molar-refractivity contribution >= 4 is 11.9 Å². The highest BCUT2D eigenvalue weighted by atomic mass is 16.1. The summed E-state index contributed by atoms with van der Waals surface area (Å²) in [7, 11) is 0. The Labute approximate surface area is 76.0 Å². The zero-order valence-electron chi connectivity index (χ0n) is 7.40. The number of imidazole rings is 1. The van der Waals surface area contributed by atoms with Crippen molar-refractivity contribution in [3.05, 3.63) is 35.8 Å². The first-order chi connectivity index (χ1) is 6.31. The van der Waals surface area contributed by atoms with Gasteiger partial charge in [0.25, 0.3) is 0 Å². The minimum atomic E-state index is 0.390. The Morgan fingerprint density at radius 1 is 1.54 bits per heavy atom. The lowest BCUT2D eigenvalue weighted by Gasteiger charge is -1.95. The van der Waals surface area contributed by atoms with Crippen molar-refractivity contribution in [1.29, 1.82) is 0 Å². The number of aldehydes is 1. The molecule has 0 radical (unpaired) electrons. The third-order valence-corrected chi connectivity index (χ3v) is 2.04. The molecule has 0 aliphatic heterocycles. The first kappa shape index (κ1) is 7.98. The van der Waals surface area contributed by atoms with Crippen molar-refractivity contribution < 1.29 is 4.79 Å². The largest absolute Gasteiger partial charge is 0.304 e. The number of aryl methyl sites for hydroxylation is 1. The highest BCUT2D eigenvalue weighted by Crippen LogP contribution is 2.07. The molecule has 0 aliphatic carbocycles. The number of carbonyl (C=O) groups is 1. The number of hydrogen-bond donors (Lipinski definition) is 0. The van der Waals surface area contributed by atoms with Crippen LogP contribution in [0.15, 0.2) is 24.4 Å². The van der Waals surface area contributed by atoms with Gasteiger partial charge in [-0.15, -0.1) is 0 Å². The van der Waals surface area contributed by atoms with E-state index in [9.17, 15) is 4.79 Å². The lowest BCUT2D eigenvalue weighted by Crippen LogP contribution is -1.87. The molecule has 0 aromatic carbocycles. The predicted molar refractivity (Wildman–Crippen MR) is 49.7 cm³/mol. The van der Waals surface area contributed by atoms with Gasteiger partial charge in [0.1, 0.15) is 11.9 Å². The van der Waals surface area contributed by atoms with E-state index in [1.807, 2.05) is 35.7 Å². The SMILES string of the molecule is Cc1cccc2nc(CC=O)cn12. The standard InChI is InChI=1S/C10H10N2O/c1-8-3-2-4-10-11-9(5-6-13)7-12(8)10/h2-4,6-7H,5H2,1H3. The Hall–Kier alpha value is -1.64. The lowest BCUT2D eigenvalue weighted by molar-refractivity contribution is -0.107. The molecule has 2 rings (SSSR count). The Morgan fingerprint density at radius 2 is 2.38 bits per heavy atom. The van der Waals surface area contributed by atoms with Crippen LogP contribution in [0.5, 0.6) is 0 Å². The molecule has 0 saturated heterocycles. The van der Waals surface area contributed by atoms with Crippen LogP contribution in [0.4, 0.5) is 0 Å². The molecule has 2 heterocycles. The zero-order valence-corrected chi connectivity index (χ0v) is 7.40. The van der Waals surface area contributed by atoms with Gasteiger partial charge in [-0.2, -0.15) is 0 Å². The summed E-state index contributed by atoms with van der Waals surface area (Å²) < 4.78 is 1.98. The molecule has 0 unspecified atom stereocenters. The molecule has 0 amide bonds. The van der Waals surface area contributed by atoms with Crippen molar-refractivity contribution in [2.24, 2.45) is 0 Å². The minimum absolute atomic E-state index is 0.390. The first-order valence-corrected chi connectivity index (χ1v) is 4.18. The maximum absolute atomic E-state index is 10.3. The van der Waals surface area contributed by atoms with Crippen LogP contribution in [0.3, 0.4) is 0 Å². The fourth-order valence-electron chi connectivity index (χ4n) is 1.38. The van der Waals surface area contributed by atoms with Gasteiger partial charge in [-0.25, -0.2) is 4.98 Å². The van der Waals surface area contributed by atoms with Crippen LogP contribution in [-0.2, 0) is 11.2 Å². The van der Waals surface area contributed by atoms with E-state index >= 15 is 0 Å². The van der Waals surface area contributed by atoms with Crippen LogP contribution >= 0.6 is 0 Å². The number of aromatic nitrogens is 2. The normalized spacial score (nSPS) is 10.5. The molecule has 0 spiro atoms. The molecule has 0 bridgehead atoms. The summed E-state index contributed by atoms with van der Waals surface area (Å²) in [6.45, 7) is 2.01. The molecule has 2 aromatic rings. The number of rotatable bonds is 2. The van der Waals surface area contributed by atoms with Gasteiger partial charge in [0.15, 0.2) is 0 Å². The van der Waals surface area contributed by atoms with Gasteiger partial charge in [0.05, 0.1) is 5.69 Å². The molecule has 0 saturated carbocycles.